The van der Waals surface area contributed by atoms with Crippen molar-refractivity contribution in [1.29, 1.82) is 0 Å². The number of rotatable bonds is 4. The first kappa shape index (κ1) is 12.0. The Balaban J connectivity index is 2.22. The molecule has 0 aliphatic heterocycles. The summed E-state index contributed by atoms with van der Waals surface area (Å²) in [4.78, 5) is 2.35. The molecule has 0 heterocycles. The molecule has 0 aromatic carbocycles. The summed E-state index contributed by atoms with van der Waals surface area (Å²) in [7, 11) is 4.36. The van der Waals surface area contributed by atoms with E-state index in [4.69, 9.17) is 4.74 Å². The normalized spacial score (nSPS) is 30.6. The molecule has 1 saturated carbocycles. The molecule has 1 atom stereocenters. The highest BCUT2D eigenvalue weighted by Crippen LogP contribution is 2.24. The molecule has 0 radical (unpaired) electrons. The van der Waals surface area contributed by atoms with Gasteiger partial charge in [-0.1, -0.05) is 6.92 Å². The summed E-state index contributed by atoms with van der Waals surface area (Å²) in [6.07, 6.45) is 7.19. The summed E-state index contributed by atoms with van der Waals surface area (Å²) in [6, 6.07) is 0.784. The van der Waals surface area contributed by atoms with E-state index in [1.54, 1.807) is 0 Å². The minimum atomic E-state index is 0.441. The van der Waals surface area contributed by atoms with Crippen LogP contribution in [0.2, 0.25) is 0 Å². The molecule has 84 valence electrons. The second-order valence-electron chi connectivity index (χ2n) is 4.75. The zero-order chi connectivity index (χ0) is 10.6. The van der Waals surface area contributed by atoms with E-state index in [0.717, 1.165) is 12.5 Å². The van der Waals surface area contributed by atoms with Crippen LogP contribution in [0.15, 0.2) is 0 Å². The first-order valence-corrected chi connectivity index (χ1v) is 5.95. The van der Waals surface area contributed by atoms with Gasteiger partial charge in [-0.2, -0.15) is 0 Å². The summed E-state index contributed by atoms with van der Waals surface area (Å²) >= 11 is 0. The molecule has 1 aliphatic rings. The van der Waals surface area contributed by atoms with Gasteiger partial charge in [0.2, 0.25) is 0 Å². The molecule has 2 nitrogen and oxygen atoms in total. The second-order valence-corrected chi connectivity index (χ2v) is 4.75. The molecule has 0 aromatic heterocycles. The van der Waals surface area contributed by atoms with Crippen LogP contribution < -0.4 is 0 Å². The van der Waals surface area contributed by atoms with Gasteiger partial charge in [-0.05, 0) is 53.1 Å². The van der Waals surface area contributed by atoms with E-state index in [0.29, 0.717) is 12.2 Å². The first-order valence-electron chi connectivity index (χ1n) is 5.95. The van der Waals surface area contributed by atoms with Crippen LogP contribution in [0, 0.1) is 0 Å². The SMILES string of the molecule is CCC(C)OC1CCC(N(C)C)CC1. The average Bonchev–Trinajstić information content (AvgIpc) is 2.18. The Hall–Kier alpha value is -0.0800. The van der Waals surface area contributed by atoms with Gasteiger partial charge in [-0.15, -0.1) is 0 Å². The molecule has 0 N–H and O–H groups in total. The van der Waals surface area contributed by atoms with E-state index < -0.39 is 0 Å². The van der Waals surface area contributed by atoms with Crippen LogP contribution in [0.5, 0.6) is 0 Å². The maximum absolute atomic E-state index is 5.95. The number of hydrogen-bond donors (Lipinski definition) is 0. The topological polar surface area (TPSA) is 12.5 Å². The lowest BCUT2D eigenvalue weighted by Gasteiger charge is -2.33. The molecule has 0 bridgehead atoms. The summed E-state index contributed by atoms with van der Waals surface area (Å²) in [5, 5.41) is 0. The third kappa shape index (κ3) is 3.58. The van der Waals surface area contributed by atoms with Crippen molar-refractivity contribution < 1.29 is 4.74 Å². The fourth-order valence-electron chi connectivity index (χ4n) is 2.12. The molecule has 0 aromatic rings. The zero-order valence-electron chi connectivity index (χ0n) is 10.1. The number of nitrogens with zero attached hydrogens (tertiary/aromatic N) is 1. The molecule has 0 amide bonds. The monoisotopic (exact) mass is 199 g/mol. The largest absolute Gasteiger partial charge is 0.375 e. The van der Waals surface area contributed by atoms with Crippen LogP contribution in [0.4, 0.5) is 0 Å². The van der Waals surface area contributed by atoms with E-state index in [2.05, 4.69) is 32.8 Å². The Bertz CT molecular complexity index is 150. The quantitative estimate of drug-likeness (QED) is 0.690. The van der Waals surface area contributed by atoms with Crippen molar-refractivity contribution in [3.8, 4) is 0 Å². The van der Waals surface area contributed by atoms with Crippen molar-refractivity contribution >= 4 is 0 Å². The lowest BCUT2D eigenvalue weighted by atomic mass is 9.92. The van der Waals surface area contributed by atoms with Crippen LogP contribution in [-0.2, 0) is 4.74 Å². The molecule has 1 aliphatic carbocycles. The van der Waals surface area contributed by atoms with Crippen molar-refractivity contribution in [2.24, 2.45) is 0 Å². The maximum atomic E-state index is 5.95. The highest BCUT2D eigenvalue weighted by Gasteiger charge is 2.23. The smallest absolute Gasteiger partial charge is 0.0580 e. The molecule has 1 unspecified atom stereocenters. The van der Waals surface area contributed by atoms with E-state index in [9.17, 15) is 0 Å². The van der Waals surface area contributed by atoms with E-state index in [-0.39, 0.29) is 0 Å². The van der Waals surface area contributed by atoms with E-state index >= 15 is 0 Å². The van der Waals surface area contributed by atoms with Gasteiger partial charge >= 0.3 is 0 Å². The third-order valence-corrected chi connectivity index (χ3v) is 3.37. The molecule has 2 heteroatoms. The lowest BCUT2D eigenvalue weighted by molar-refractivity contribution is -0.0316. The molecular weight excluding hydrogens is 174 g/mol. The van der Waals surface area contributed by atoms with Gasteiger partial charge in [0, 0.05) is 6.04 Å². The predicted octanol–water partition coefficient (Wildman–Crippen LogP) is 2.67. The van der Waals surface area contributed by atoms with Crippen molar-refractivity contribution in [1.82, 2.24) is 4.90 Å². The molecule has 1 rings (SSSR count). The van der Waals surface area contributed by atoms with E-state index in [1.165, 1.54) is 25.7 Å². The van der Waals surface area contributed by atoms with Crippen LogP contribution in [0.25, 0.3) is 0 Å². The van der Waals surface area contributed by atoms with Crippen molar-refractivity contribution in [3.05, 3.63) is 0 Å². The molecular formula is C12H25NO. The lowest BCUT2D eigenvalue weighted by Crippen LogP contribution is -2.35. The zero-order valence-corrected chi connectivity index (χ0v) is 10.1. The highest BCUT2D eigenvalue weighted by molar-refractivity contribution is 4.77. The summed E-state index contributed by atoms with van der Waals surface area (Å²) in [5.74, 6) is 0. The van der Waals surface area contributed by atoms with E-state index in [1.807, 2.05) is 0 Å². The molecule has 0 saturated heterocycles. The van der Waals surface area contributed by atoms with Crippen LogP contribution >= 0.6 is 0 Å². The van der Waals surface area contributed by atoms with Gasteiger partial charge in [0.1, 0.15) is 0 Å². The van der Waals surface area contributed by atoms with Crippen LogP contribution in [0.1, 0.15) is 46.0 Å². The van der Waals surface area contributed by atoms with Gasteiger partial charge < -0.3 is 9.64 Å². The summed E-state index contributed by atoms with van der Waals surface area (Å²) in [5.41, 5.74) is 0. The van der Waals surface area contributed by atoms with Gasteiger partial charge in [0.25, 0.3) is 0 Å². The predicted molar refractivity (Wildman–Crippen MR) is 60.6 cm³/mol. The standard InChI is InChI=1S/C12H25NO/c1-5-10(2)14-12-8-6-11(7-9-12)13(3)4/h10-12H,5-9H2,1-4H3. The number of ether oxygens (including phenoxy) is 1. The Kier molecular flexibility index (Phi) is 4.90. The fourth-order valence-corrected chi connectivity index (χ4v) is 2.12. The first-order chi connectivity index (χ1) is 6.63. The van der Waals surface area contributed by atoms with Gasteiger partial charge in [0.05, 0.1) is 12.2 Å². The number of hydrogen-bond acceptors (Lipinski definition) is 2. The highest BCUT2D eigenvalue weighted by atomic mass is 16.5. The van der Waals surface area contributed by atoms with Gasteiger partial charge in [-0.3, -0.25) is 0 Å². The Labute approximate surface area is 88.6 Å². The Morgan fingerprint density at radius 3 is 2.21 bits per heavy atom. The second kappa shape index (κ2) is 5.72. The molecule has 14 heavy (non-hydrogen) atoms. The van der Waals surface area contributed by atoms with Crippen molar-refractivity contribution in [2.75, 3.05) is 14.1 Å². The van der Waals surface area contributed by atoms with Crippen molar-refractivity contribution in [3.63, 3.8) is 0 Å². The fraction of sp³-hybridized carbons (Fsp3) is 1.00. The van der Waals surface area contributed by atoms with Crippen LogP contribution in [-0.4, -0.2) is 37.2 Å². The molecule has 1 fully saturated rings. The minimum Gasteiger partial charge on any atom is -0.375 e. The summed E-state index contributed by atoms with van der Waals surface area (Å²) < 4.78 is 5.95. The minimum absolute atomic E-state index is 0.441. The van der Waals surface area contributed by atoms with Crippen LogP contribution in [0.3, 0.4) is 0 Å². The Morgan fingerprint density at radius 2 is 1.79 bits per heavy atom. The Morgan fingerprint density at radius 1 is 1.21 bits per heavy atom. The summed E-state index contributed by atoms with van der Waals surface area (Å²) in [6.45, 7) is 4.37. The van der Waals surface area contributed by atoms with Gasteiger partial charge in [-0.25, -0.2) is 0 Å². The third-order valence-electron chi connectivity index (χ3n) is 3.37. The average molecular weight is 199 g/mol. The molecule has 0 spiro atoms. The van der Waals surface area contributed by atoms with Gasteiger partial charge in [0.15, 0.2) is 0 Å². The van der Waals surface area contributed by atoms with Crippen molar-refractivity contribution in [2.45, 2.75) is 64.2 Å². The maximum Gasteiger partial charge on any atom is 0.0580 e.